The van der Waals surface area contributed by atoms with Crippen molar-refractivity contribution in [2.45, 2.75) is 19.4 Å². The minimum absolute atomic E-state index is 0.163. The van der Waals surface area contributed by atoms with Gasteiger partial charge in [0.05, 0.1) is 6.54 Å². The number of hydrogen-bond donors (Lipinski definition) is 2. The zero-order valence-corrected chi connectivity index (χ0v) is 7.08. The van der Waals surface area contributed by atoms with Crippen LogP contribution in [-0.2, 0) is 13.0 Å². The highest BCUT2D eigenvalue weighted by Crippen LogP contribution is 1.99. The van der Waals surface area contributed by atoms with Crippen LogP contribution >= 0.6 is 0 Å². The van der Waals surface area contributed by atoms with Gasteiger partial charge in [-0.1, -0.05) is 5.16 Å². The fourth-order valence-corrected chi connectivity index (χ4v) is 0.852. The van der Waals surface area contributed by atoms with Crippen molar-refractivity contribution in [2.24, 2.45) is 0 Å². The van der Waals surface area contributed by atoms with E-state index in [1.54, 1.807) is 0 Å². The third kappa shape index (κ3) is 2.60. The normalized spacial score (nSPS) is 10.5. The number of aliphatic hydroxyl groups is 1. The number of aromatic nitrogens is 2. The minimum atomic E-state index is 0.163. The average molecular weight is 171 g/mol. The minimum Gasteiger partial charge on any atom is -0.396 e. The van der Waals surface area contributed by atoms with Crippen LogP contribution in [0.1, 0.15) is 18.1 Å². The van der Waals surface area contributed by atoms with E-state index in [2.05, 4.69) is 15.5 Å². The van der Waals surface area contributed by atoms with Crippen molar-refractivity contribution in [3.63, 3.8) is 0 Å². The molecule has 5 heteroatoms. The molecule has 0 fully saturated rings. The van der Waals surface area contributed by atoms with Crippen molar-refractivity contribution in [2.75, 3.05) is 13.7 Å². The number of hydrogen-bond acceptors (Lipinski definition) is 5. The molecule has 0 atom stereocenters. The molecule has 0 spiro atoms. The molecule has 12 heavy (non-hydrogen) atoms. The Morgan fingerprint density at radius 3 is 3.08 bits per heavy atom. The Kier molecular flexibility index (Phi) is 3.69. The summed E-state index contributed by atoms with van der Waals surface area (Å²) in [6.07, 6.45) is 1.35. The second-order valence-electron chi connectivity index (χ2n) is 2.46. The second kappa shape index (κ2) is 4.84. The number of nitrogens with zero attached hydrogens (tertiary/aromatic N) is 2. The van der Waals surface area contributed by atoms with Crippen LogP contribution in [0.5, 0.6) is 0 Å². The van der Waals surface area contributed by atoms with Gasteiger partial charge in [-0.25, -0.2) is 0 Å². The molecule has 0 bridgehead atoms. The lowest BCUT2D eigenvalue weighted by Gasteiger charge is -1.88. The first-order valence-electron chi connectivity index (χ1n) is 3.93. The SMILES string of the molecule is CNCc1nc(CCCO)no1. The maximum Gasteiger partial charge on any atom is 0.240 e. The smallest absolute Gasteiger partial charge is 0.240 e. The van der Waals surface area contributed by atoms with E-state index in [0.29, 0.717) is 31.1 Å². The van der Waals surface area contributed by atoms with E-state index in [1.165, 1.54) is 0 Å². The molecule has 0 unspecified atom stereocenters. The molecule has 0 aromatic carbocycles. The Balaban J connectivity index is 2.41. The van der Waals surface area contributed by atoms with Gasteiger partial charge in [-0.2, -0.15) is 4.98 Å². The number of nitrogens with one attached hydrogen (secondary N) is 1. The molecule has 2 N–H and O–H groups in total. The topological polar surface area (TPSA) is 71.2 Å². The van der Waals surface area contributed by atoms with Gasteiger partial charge < -0.3 is 14.9 Å². The summed E-state index contributed by atoms with van der Waals surface area (Å²) in [7, 11) is 1.82. The monoisotopic (exact) mass is 171 g/mol. The lowest BCUT2D eigenvalue weighted by molar-refractivity contribution is 0.286. The molecule has 0 saturated heterocycles. The largest absolute Gasteiger partial charge is 0.396 e. The van der Waals surface area contributed by atoms with Crippen molar-refractivity contribution in [1.29, 1.82) is 0 Å². The maximum atomic E-state index is 8.54. The van der Waals surface area contributed by atoms with E-state index < -0.39 is 0 Å². The summed E-state index contributed by atoms with van der Waals surface area (Å²) in [5.74, 6) is 1.25. The maximum absolute atomic E-state index is 8.54. The predicted molar refractivity (Wildman–Crippen MR) is 42.5 cm³/mol. The molecule has 1 aromatic heterocycles. The van der Waals surface area contributed by atoms with Gasteiger partial charge in [0.15, 0.2) is 5.82 Å². The molecular weight excluding hydrogens is 158 g/mol. The molecule has 1 rings (SSSR count). The van der Waals surface area contributed by atoms with Crippen LogP contribution in [0.3, 0.4) is 0 Å². The van der Waals surface area contributed by atoms with Crippen LogP contribution in [0.25, 0.3) is 0 Å². The Bertz CT molecular complexity index is 224. The van der Waals surface area contributed by atoms with Crippen molar-refractivity contribution in [3.8, 4) is 0 Å². The van der Waals surface area contributed by atoms with Crippen molar-refractivity contribution >= 4 is 0 Å². The summed E-state index contributed by atoms with van der Waals surface area (Å²) in [6, 6.07) is 0. The first kappa shape index (κ1) is 9.15. The van der Waals surface area contributed by atoms with Gasteiger partial charge in [0, 0.05) is 13.0 Å². The van der Waals surface area contributed by atoms with Crippen LogP contribution in [0.15, 0.2) is 4.52 Å². The molecule has 0 amide bonds. The van der Waals surface area contributed by atoms with Gasteiger partial charge in [0.25, 0.3) is 0 Å². The summed E-state index contributed by atoms with van der Waals surface area (Å²) >= 11 is 0. The van der Waals surface area contributed by atoms with Gasteiger partial charge in [-0.3, -0.25) is 0 Å². The third-order valence-electron chi connectivity index (χ3n) is 1.40. The van der Waals surface area contributed by atoms with Crippen LogP contribution in [0.2, 0.25) is 0 Å². The number of aryl methyl sites for hydroxylation is 1. The van der Waals surface area contributed by atoms with Crippen LogP contribution in [0, 0.1) is 0 Å². The van der Waals surface area contributed by atoms with E-state index in [4.69, 9.17) is 9.63 Å². The first-order valence-corrected chi connectivity index (χ1v) is 3.93. The van der Waals surface area contributed by atoms with Gasteiger partial charge in [-0.05, 0) is 13.5 Å². The summed E-state index contributed by atoms with van der Waals surface area (Å²) in [6.45, 7) is 0.752. The lowest BCUT2D eigenvalue weighted by atomic mass is 10.3. The fourth-order valence-electron chi connectivity index (χ4n) is 0.852. The lowest BCUT2D eigenvalue weighted by Crippen LogP contribution is -2.05. The molecule has 68 valence electrons. The van der Waals surface area contributed by atoms with E-state index in [-0.39, 0.29) is 6.61 Å². The predicted octanol–water partition coefficient (Wildman–Crippen LogP) is -0.286. The van der Waals surface area contributed by atoms with E-state index >= 15 is 0 Å². The molecule has 0 aliphatic carbocycles. The highest BCUT2D eigenvalue weighted by atomic mass is 16.5. The summed E-state index contributed by atoms with van der Waals surface area (Å²) in [5.41, 5.74) is 0. The van der Waals surface area contributed by atoms with Gasteiger partial charge in [0.1, 0.15) is 0 Å². The van der Waals surface area contributed by atoms with Crippen molar-refractivity contribution < 1.29 is 9.63 Å². The fraction of sp³-hybridized carbons (Fsp3) is 0.714. The molecule has 0 aliphatic heterocycles. The molecule has 0 saturated carbocycles. The zero-order chi connectivity index (χ0) is 8.81. The molecular formula is C7H13N3O2. The van der Waals surface area contributed by atoms with Gasteiger partial charge in [0.2, 0.25) is 5.89 Å². The molecule has 5 nitrogen and oxygen atoms in total. The van der Waals surface area contributed by atoms with E-state index in [1.807, 2.05) is 7.05 Å². The standard InChI is InChI=1S/C7H13N3O2/c1-8-5-7-9-6(10-12-7)3-2-4-11/h8,11H,2-5H2,1H3. The summed E-state index contributed by atoms with van der Waals surface area (Å²) in [4.78, 5) is 4.09. The summed E-state index contributed by atoms with van der Waals surface area (Å²) < 4.78 is 4.90. The van der Waals surface area contributed by atoms with Crippen LogP contribution in [0.4, 0.5) is 0 Å². The second-order valence-corrected chi connectivity index (χ2v) is 2.46. The highest BCUT2D eigenvalue weighted by molar-refractivity contribution is 4.85. The van der Waals surface area contributed by atoms with E-state index in [0.717, 1.165) is 0 Å². The highest BCUT2D eigenvalue weighted by Gasteiger charge is 2.03. The average Bonchev–Trinajstić information content (AvgIpc) is 2.50. The third-order valence-corrected chi connectivity index (χ3v) is 1.40. The molecule has 0 radical (unpaired) electrons. The zero-order valence-electron chi connectivity index (χ0n) is 7.08. The molecule has 1 aromatic rings. The Labute approximate surface area is 70.8 Å². The van der Waals surface area contributed by atoms with Gasteiger partial charge in [-0.15, -0.1) is 0 Å². The molecule has 1 heterocycles. The Morgan fingerprint density at radius 2 is 2.42 bits per heavy atom. The number of rotatable bonds is 5. The first-order chi connectivity index (χ1) is 5.86. The quantitative estimate of drug-likeness (QED) is 0.637. The van der Waals surface area contributed by atoms with Crippen LogP contribution < -0.4 is 5.32 Å². The number of aliphatic hydroxyl groups excluding tert-OH is 1. The van der Waals surface area contributed by atoms with Crippen molar-refractivity contribution in [3.05, 3.63) is 11.7 Å². The van der Waals surface area contributed by atoms with Crippen LogP contribution in [-0.4, -0.2) is 28.9 Å². The van der Waals surface area contributed by atoms with Crippen molar-refractivity contribution in [1.82, 2.24) is 15.5 Å². The summed E-state index contributed by atoms with van der Waals surface area (Å²) in [5, 5.41) is 15.2. The van der Waals surface area contributed by atoms with E-state index in [9.17, 15) is 0 Å². The Morgan fingerprint density at radius 1 is 1.58 bits per heavy atom. The molecule has 0 aliphatic rings. The Hall–Kier alpha value is -0.940. The van der Waals surface area contributed by atoms with Gasteiger partial charge >= 0.3 is 0 Å².